The normalized spacial score (nSPS) is 17.6. The summed E-state index contributed by atoms with van der Waals surface area (Å²) in [5.74, 6) is -2.14. The van der Waals surface area contributed by atoms with Crippen molar-refractivity contribution in [3.8, 4) is 17.2 Å². The lowest BCUT2D eigenvalue weighted by atomic mass is 9.81. The molecule has 0 saturated heterocycles. The van der Waals surface area contributed by atoms with E-state index in [1.54, 1.807) is 30.3 Å². The van der Waals surface area contributed by atoms with Crippen molar-refractivity contribution in [1.82, 2.24) is 5.32 Å². The molecule has 0 aromatic heterocycles. The van der Waals surface area contributed by atoms with Crippen LogP contribution < -0.4 is 5.32 Å². The molecule has 1 aliphatic heterocycles. The van der Waals surface area contributed by atoms with Crippen molar-refractivity contribution in [3.05, 3.63) is 81.9 Å². The molecule has 1 aliphatic carbocycles. The molecule has 2 aromatic rings. The lowest BCUT2D eigenvalue weighted by Crippen LogP contribution is -2.34. The fraction of sp³-hybridized carbons (Fsp3) is 0.136. The average molecular weight is 426 g/mol. The van der Waals surface area contributed by atoms with Crippen LogP contribution in [0, 0.1) is 11.3 Å². The number of nitrogens with zero attached hydrogens (tertiary/aromatic N) is 1. The number of halogens is 3. The van der Waals surface area contributed by atoms with Crippen LogP contribution in [0.5, 0.6) is 0 Å². The van der Waals surface area contributed by atoms with Crippen LogP contribution in [-0.4, -0.2) is 23.2 Å². The third-order valence-corrected chi connectivity index (χ3v) is 5.20. The molecule has 156 valence electrons. The molecule has 2 aliphatic rings. The first-order valence-electron chi connectivity index (χ1n) is 9.02. The highest BCUT2D eigenvalue weighted by atomic mass is 19.4. The van der Waals surface area contributed by atoms with Crippen LogP contribution in [0.2, 0.25) is 0 Å². The molecular weight excluding hydrogens is 413 g/mol. The number of hydrogen-bond acceptors (Lipinski definition) is 5. The number of rotatable bonds is 2. The predicted octanol–water partition coefficient (Wildman–Crippen LogP) is 4.85. The number of hydrogen-bond donors (Lipinski definition) is 2. The second-order valence-corrected chi connectivity index (χ2v) is 6.96. The molecule has 0 saturated carbocycles. The lowest BCUT2D eigenvalue weighted by molar-refractivity contribution is -0.0972. The minimum atomic E-state index is -4.90. The first kappa shape index (κ1) is 20.2. The number of carbonyl (C=O) groups is 2. The van der Waals surface area contributed by atoms with Crippen molar-refractivity contribution < 1.29 is 32.6 Å². The quantitative estimate of drug-likeness (QED) is 0.569. The summed E-state index contributed by atoms with van der Waals surface area (Å²) in [4.78, 5) is 24.1. The summed E-state index contributed by atoms with van der Waals surface area (Å²) in [6.07, 6.45) is -6.64. The fourth-order valence-electron chi connectivity index (χ4n) is 4.02. The molecule has 9 heteroatoms. The van der Waals surface area contributed by atoms with Crippen LogP contribution >= 0.6 is 0 Å². The lowest BCUT2D eigenvalue weighted by Gasteiger charge is -2.31. The zero-order valence-electron chi connectivity index (χ0n) is 15.9. The third kappa shape index (κ3) is 3.13. The molecular formula is C22H13F3N2O4. The van der Waals surface area contributed by atoms with Gasteiger partial charge in [-0.05, 0) is 23.6 Å². The van der Waals surface area contributed by atoms with Gasteiger partial charge in [0.15, 0.2) is 5.78 Å². The van der Waals surface area contributed by atoms with E-state index in [-0.39, 0.29) is 28.4 Å². The second kappa shape index (κ2) is 7.02. The zero-order valence-corrected chi connectivity index (χ0v) is 15.9. The van der Waals surface area contributed by atoms with Crippen LogP contribution in [0.4, 0.5) is 18.0 Å². The monoisotopic (exact) mass is 426 g/mol. The van der Waals surface area contributed by atoms with Crippen molar-refractivity contribution in [2.24, 2.45) is 0 Å². The highest BCUT2D eigenvalue weighted by molar-refractivity contribution is 6.22. The Bertz CT molecular complexity index is 1250. The van der Waals surface area contributed by atoms with Gasteiger partial charge in [0, 0.05) is 11.1 Å². The molecule has 0 radical (unpaired) electrons. The number of benzene rings is 2. The van der Waals surface area contributed by atoms with Crippen LogP contribution in [0.15, 0.2) is 65.2 Å². The molecule has 4 rings (SSSR count). The van der Waals surface area contributed by atoms with Gasteiger partial charge < -0.3 is 15.2 Å². The summed E-state index contributed by atoms with van der Waals surface area (Å²) in [6, 6.07) is 12.6. The third-order valence-electron chi connectivity index (χ3n) is 5.20. The Morgan fingerprint density at radius 3 is 2.39 bits per heavy atom. The molecule has 1 unspecified atom stereocenters. The van der Waals surface area contributed by atoms with Crippen molar-refractivity contribution in [2.75, 3.05) is 0 Å². The molecule has 6 nitrogen and oxygen atoms in total. The summed E-state index contributed by atoms with van der Waals surface area (Å²) in [5.41, 5.74) is -0.599. The molecule has 1 heterocycles. The van der Waals surface area contributed by atoms with Gasteiger partial charge in [0.25, 0.3) is 0 Å². The van der Waals surface area contributed by atoms with Crippen LogP contribution in [0.3, 0.4) is 0 Å². The summed E-state index contributed by atoms with van der Waals surface area (Å²) < 4.78 is 45.9. The van der Waals surface area contributed by atoms with Crippen LogP contribution in [0.25, 0.3) is 11.1 Å². The molecule has 2 N–H and O–H groups in total. The number of dihydropyridines is 1. The number of allylic oxidation sites excluding steroid dienone is 3. The first-order valence-corrected chi connectivity index (χ1v) is 9.02. The van der Waals surface area contributed by atoms with Crippen molar-refractivity contribution in [3.63, 3.8) is 0 Å². The minimum Gasteiger partial charge on any atom is -0.449 e. The van der Waals surface area contributed by atoms with Gasteiger partial charge in [-0.2, -0.15) is 18.4 Å². The molecule has 1 atom stereocenters. The van der Waals surface area contributed by atoms with Gasteiger partial charge in [-0.1, -0.05) is 42.5 Å². The van der Waals surface area contributed by atoms with E-state index in [0.717, 1.165) is 0 Å². The second-order valence-electron chi connectivity index (χ2n) is 6.96. The maximum Gasteiger partial charge on any atom is 0.511 e. The van der Waals surface area contributed by atoms with Gasteiger partial charge >= 0.3 is 12.3 Å². The molecule has 0 fully saturated rings. The van der Waals surface area contributed by atoms with E-state index in [2.05, 4.69) is 5.32 Å². The molecule has 0 amide bonds. The number of nitriles is 1. The van der Waals surface area contributed by atoms with Gasteiger partial charge in [-0.3, -0.25) is 4.79 Å². The summed E-state index contributed by atoms with van der Waals surface area (Å²) in [5, 5.41) is 20.9. The average Bonchev–Trinajstić information content (AvgIpc) is 3.01. The summed E-state index contributed by atoms with van der Waals surface area (Å²) >= 11 is 0. The summed E-state index contributed by atoms with van der Waals surface area (Å²) in [7, 11) is 0. The number of ketones is 1. The molecule has 2 aromatic carbocycles. The van der Waals surface area contributed by atoms with Gasteiger partial charge in [-0.15, -0.1) is 0 Å². The summed E-state index contributed by atoms with van der Waals surface area (Å²) in [6.45, 7) is 1.23. The Hall–Kier alpha value is -4.06. The largest absolute Gasteiger partial charge is 0.511 e. The van der Waals surface area contributed by atoms with Crippen LogP contribution in [0.1, 0.15) is 34.3 Å². The molecule has 31 heavy (non-hydrogen) atoms. The highest BCUT2D eigenvalue weighted by Crippen LogP contribution is 2.48. The molecule has 0 spiro atoms. The maximum atomic E-state index is 13.7. The van der Waals surface area contributed by atoms with E-state index >= 15 is 0 Å². The van der Waals surface area contributed by atoms with E-state index in [1.807, 2.05) is 0 Å². The van der Waals surface area contributed by atoms with Crippen molar-refractivity contribution in [1.29, 1.82) is 5.26 Å². The Kier molecular flexibility index (Phi) is 4.58. The number of nitrogens with one attached hydrogen (secondary N) is 1. The first-order chi connectivity index (χ1) is 14.6. The zero-order chi connectivity index (χ0) is 22.5. The fourth-order valence-corrected chi connectivity index (χ4v) is 4.02. The number of carboxylic acid groups (broad SMARTS) is 1. The van der Waals surface area contributed by atoms with E-state index in [1.165, 1.54) is 25.1 Å². The number of carbonyl (C=O) groups excluding carboxylic acids is 1. The van der Waals surface area contributed by atoms with Gasteiger partial charge in [0.05, 0.1) is 23.3 Å². The van der Waals surface area contributed by atoms with Crippen molar-refractivity contribution >= 4 is 11.9 Å². The smallest absolute Gasteiger partial charge is 0.449 e. The number of fused-ring (bicyclic) bond motifs is 3. The Morgan fingerprint density at radius 2 is 1.77 bits per heavy atom. The van der Waals surface area contributed by atoms with E-state index < -0.39 is 29.5 Å². The van der Waals surface area contributed by atoms with Gasteiger partial charge in [0.1, 0.15) is 11.5 Å². The Balaban J connectivity index is 2.05. The van der Waals surface area contributed by atoms with E-state index in [4.69, 9.17) is 9.84 Å². The van der Waals surface area contributed by atoms with Crippen LogP contribution in [-0.2, 0) is 4.74 Å². The predicted molar refractivity (Wildman–Crippen MR) is 102 cm³/mol. The highest BCUT2D eigenvalue weighted by Gasteiger charge is 2.45. The minimum absolute atomic E-state index is 0.172. The standard InChI is InChI=1S/C22H13F3N2O4/c1-10-19(31-21(29)30)17(15(9-26)20(27-10)22(23,24)25)13-7-4-8-14-16(13)11-5-2-3-6-12(11)18(14)28/h2-8,17,27H,1H3,(H,29,30). The number of alkyl halides is 3. The van der Waals surface area contributed by atoms with Gasteiger partial charge in [0.2, 0.25) is 0 Å². The van der Waals surface area contributed by atoms with Crippen molar-refractivity contribution in [2.45, 2.75) is 19.0 Å². The van der Waals surface area contributed by atoms with Gasteiger partial charge in [-0.25, -0.2) is 4.79 Å². The van der Waals surface area contributed by atoms with E-state index in [0.29, 0.717) is 16.7 Å². The van der Waals surface area contributed by atoms with E-state index in [9.17, 15) is 28.0 Å². The Labute approximate surface area is 173 Å². The maximum absolute atomic E-state index is 13.7. The topological polar surface area (TPSA) is 99.4 Å². The molecule has 0 bridgehead atoms. The SMILES string of the molecule is CC1=C(OC(=O)O)C(c2cccc3c2-c2ccccc2C3=O)C(C#N)=C(C(F)(F)F)N1. The number of ether oxygens (including phenoxy) is 1. The Morgan fingerprint density at radius 1 is 1.13 bits per heavy atom.